The van der Waals surface area contributed by atoms with Gasteiger partial charge in [-0.05, 0) is 32.4 Å². The van der Waals surface area contributed by atoms with E-state index in [4.69, 9.17) is 4.74 Å². The summed E-state index contributed by atoms with van der Waals surface area (Å²) in [6.45, 7) is 4.36. The van der Waals surface area contributed by atoms with Crippen LogP contribution in [0.3, 0.4) is 0 Å². The summed E-state index contributed by atoms with van der Waals surface area (Å²) in [6.07, 6.45) is 0.700. The quantitative estimate of drug-likeness (QED) is 0.418. The van der Waals surface area contributed by atoms with E-state index in [9.17, 15) is 14.4 Å². The number of nitrogens with one attached hydrogen (secondary N) is 1. The summed E-state index contributed by atoms with van der Waals surface area (Å²) in [6, 6.07) is 16.6. The molecule has 2 aromatic carbocycles. The van der Waals surface area contributed by atoms with Gasteiger partial charge in [-0.15, -0.1) is 0 Å². The van der Waals surface area contributed by atoms with Gasteiger partial charge in [-0.2, -0.15) is 0 Å². The molecule has 1 N–H and O–H groups in total. The predicted octanol–water partition coefficient (Wildman–Crippen LogP) is 3.82. The first-order valence-corrected chi connectivity index (χ1v) is 9.81. The number of ether oxygens (including phenoxy) is 1. The number of nitrogens with zero attached hydrogens (tertiary/aromatic N) is 1. The number of carbonyl (C=O) groups is 3. The Balaban J connectivity index is 1.46. The minimum atomic E-state index is -0.692. The SMILES string of the molecule is CC1(C)Nc2ccccc2N(CCCOC(=O)CCC(=O)c2ccccc2)C1=O. The molecule has 0 aromatic heterocycles. The highest BCUT2D eigenvalue weighted by molar-refractivity contribution is 6.07. The van der Waals surface area contributed by atoms with E-state index in [0.717, 1.165) is 11.4 Å². The van der Waals surface area contributed by atoms with Crippen molar-refractivity contribution in [2.45, 2.75) is 38.6 Å². The van der Waals surface area contributed by atoms with Crippen LogP contribution in [0.2, 0.25) is 0 Å². The third kappa shape index (κ3) is 5.02. The van der Waals surface area contributed by atoms with Gasteiger partial charge in [0.25, 0.3) is 5.91 Å². The van der Waals surface area contributed by atoms with Gasteiger partial charge in [0, 0.05) is 18.5 Å². The number of esters is 1. The smallest absolute Gasteiger partial charge is 0.306 e. The molecule has 0 atom stereocenters. The van der Waals surface area contributed by atoms with E-state index in [1.165, 1.54) is 0 Å². The lowest BCUT2D eigenvalue weighted by molar-refractivity contribution is -0.143. The number of anilines is 2. The van der Waals surface area contributed by atoms with E-state index in [-0.39, 0.29) is 31.1 Å². The molecule has 29 heavy (non-hydrogen) atoms. The second-order valence-electron chi connectivity index (χ2n) is 7.59. The summed E-state index contributed by atoms with van der Waals surface area (Å²) in [5.74, 6) is -0.495. The number of hydrogen-bond acceptors (Lipinski definition) is 5. The summed E-state index contributed by atoms with van der Waals surface area (Å²) in [4.78, 5) is 38.5. The number of para-hydroxylation sites is 2. The molecule has 1 aliphatic heterocycles. The van der Waals surface area contributed by atoms with Gasteiger partial charge in [-0.25, -0.2) is 0 Å². The van der Waals surface area contributed by atoms with E-state index < -0.39 is 11.5 Å². The summed E-state index contributed by atoms with van der Waals surface area (Å²) < 4.78 is 5.25. The highest BCUT2D eigenvalue weighted by Crippen LogP contribution is 2.34. The molecule has 2 aromatic rings. The predicted molar refractivity (Wildman–Crippen MR) is 112 cm³/mol. The topological polar surface area (TPSA) is 75.7 Å². The monoisotopic (exact) mass is 394 g/mol. The van der Waals surface area contributed by atoms with Gasteiger partial charge in [0.1, 0.15) is 5.54 Å². The Morgan fingerprint density at radius 2 is 1.69 bits per heavy atom. The van der Waals surface area contributed by atoms with Crippen LogP contribution in [0.5, 0.6) is 0 Å². The molecule has 0 spiro atoms. The average Bonchev–Trinajstić information content (AvgIpc) is 2.72. The molecule has 6 nitrogen and oxygen atoms in total. The van der Waals surface area contributed by atoms with Crippen molar-refractivity contribution in [2.24, 2.45) is 0 Å². The second-order valence-corrected chi connectivity index (χ2v) is 7.59. The lowest BCUT2D eigenvalue weighted by Crippen LogP contribution is -2.54. The van der Waals surface area contributed by atoms with Crippen molar-refractivity contribution in [3.8, 4) is 0 Å². The minimum Gasteiger partial charge on any atom is -0.466 e. The fraction of sp³-hybridized carbons (Fsp3) is 0.348. The van der Waals surface area contributed by atoms with Crippen LogP contribution in [-0.4, -0.2) is 36.4 Å². The van der Waals surface area contributed by atoms with Crippen LogP contribution < -0.4 is 10.2 Å². The number of carbonyl (C=O) groups excluding carboxylic acids is 3. The largest absolute Gasteiger partial charge is 0.466 e. The summed E-state index contributed by atoms with van der Waals surface area (Å²) >= 11 is 0. The Kier molecular flexibility index (Phi) is 6.32. The van der Waals surface area contributed by atoms with E-state index in [2.05, 4.69) is 5.32 Å². The molecule has 0 unspecified atom stereocenters. The zero-order chi connectivity index (χ0) is 20.9. The lowest BCUT2D eigenvalue weighted by Gasteiger charge is -2.40. The van der Waals surface area contributed by atoms with E-state index >= 15 is 0 Å². The highest BCUT2D eigenvalue weighted by Gasteiger charge is 2.38. The van der Waals surface area contributed by atoms with Crippen molar-refractivity contribution < 1.29 is 19.1 Å². The normalized spacial score (nSPS) is 14.7. The second kappa shape index (κ2) is 8.90. The van der Waals surface area contributed by atoms with Gasteiger partial charge >= 0.3 is 5.97 Å². The zero-order valence-electron chi connectivity index (χ0n) is 16.8. The number of rotatable bonds is 8. The molecule has 0 saturated heterocycles. The van der Waals surface area contributed by atoms with Gasteiger partial charge < -0.3 is 15.0 Å². The van der Waals surface area contributed by atoms with Crippen LogP contribution in [0.1, 0.15) is 43.5 Å². The molecule has 0 aliphatic carbocycles. The molecule has 3 rings (SSSR count). The maximum Gasteiger partial charge on any atom is 0.306 e. The zero-order valence-corrected chi connectivity index (χ0v) is 16.8. The van der Waals surface area contributed by atoms with E-state index in [1.54, 1.807) is 29.2 Å². The van der Waals surface area contributed by atoms with E-state index in [0.29, 0.717) is 18.5 Å². The fourth-order valence-corrected chi connectivity index (χ4v) is 3.34. The minimum absolute atomic E-state index is 0.0176. The number of ketones is 1. The summed E-state index contributed by atoms with van der Waals surface area (Å²) in [5.41, 5.74) is 1.65. The Hall–Kier alpha value is -3.15. The number of hydrogen-bond donors (Lipinski definition) is 1. The first-order chi connectivity index (χ1) is 13.9. The molecule has 152 valence electrons. The van der Waals surface area contributed by atoms with Crippen molar-refractivity contribution in [1.29, 1.82) is 0 Å². The molecule has 1 heterocycles. The summed E-state index contributed by atoms with van der Waals surface area (Å²) in [7, 11) is 0. The van der Waals surface area contributed by atoms with E-state index in [1.807, 2.05) is 44.2 Å². The molecule has 1 aliphatic rings. The molecular weight excluding hydrogens is 368 g/mol. The fourth-order valence-electron chi connectivity index (χ4n) is 3.34. The van der Waals surface area contributed by atoms with Crippen molar-refractivity contribution in [3.63, 3.8) is 0 Å². The summed E-state index contributed by atoms with van der Waals surface area (Å²) in [5, 5.41) is 3.26. The molecule has 0 bridgehead atoms. The lowest BCUT2D eigenvalue weighted by atomic mass is 9.98. The van der Waals surface area contributed by atoms with Crippen LogP contribution >= 0.6 is 0 Å². The van der Waals surface area contributed by atoms with Crippen molar-refractivity contribution >= 4 is 29.0 Å². The maximum absolute atomic E-state index is 12.8. The van der Waals surface area contributed by atoms with Gasteiger partial charge in [0.15, 0.2) is 5.78 Å². The van der Waals surface area contributed by atoms with Crippen LogP contribution in [0, 0.1) is 0 Å². The molecule has 6 heteroatoms. The molecule has 1 amide bonds. The first-order valence-electron chi connectivity index (χ1n) is 9.81. The number of fused-ring (bicyclic) bond motifs is 1. The Morgan fingerprint density at radius 1 is 1.00 bits per heavy atom. The van der Waals surface area contributed by atoms with Crippen LogP contribution in [0.25, 0.3) is 0 Å². The number of Topliss-reactive ketones (excluding diaryl/α,β-unsaturated/α-hetero) is 1. The number of amides is 1. The van der Waals surface area contributed by atoms with Gasteiger partial charge in [0.05, 0.1) is 24.4 Å². The van der Waals surface area contributed by atoms with Gasteiger partial charge in [-0.3, -0.25) is 14.4 Å². The standard InChI is InChI=1S/C23H26N2O4/c1-23(2)22(28)25(19-12-7-6-11-18(19)24-23)15-8-16-29-21(27)14-13-20(26)17-9-4-3-5-10-17/h3-7,9-12,24H,8,13-16H2,1-2H3. The third-order valence-corrected chi connectivity index (χ3v) is 4.86. The Bertz CT molecular complexity index is 893. The van der Waals surface area contributed by atoms with Crippen molar-refractivity contribution in [1.82, 2.24) is 0 Å². The third-order valence-electron chi connectivity index (χ3n) is 4.86. The molecular formula is C23H26N2O4. The number of benzene rings is 2. The molecule has 0 radical (unpaired) electrons. The van der Waals surface area contributed by atoms with Crippen LogP contribution in [0.15, 0.2) is 54.6 Å². The van der Waals surface area contributed by atoms with Gasteiger partial charge in [-0.1, -0.05) is 42.5 Å². The first kappa shape index (κ1) is 20.6. The average molecular weight is 394 g/mol. The van der Waals surface area contributed by atoms with Crippen molar-refractivity contribution in [3.05, 3.63) is 60.2 Å². The molecule has 0 saturated carbocycles. The van der Waals surface area contributed by atoms with Crippen LogP contribution in [0.4, 0.5) is 11.4 Å². The maximum atomic E-state index is 12.8. The van der Waals surface area contributed by atoms with Gasteiger partial charge in [0.2, 0.25) is 0 Å². The highest BCUT2D eigenvalue weighted by atomic mass is 16.5. The molecule has 0 fully saturated rings. The Morgan fingerprint density at radius 3 is 2.45 bits per heavy atom. The van der Waals surface area contributed by atoms with Crippen LogP contribution in [-0.2, 0) is 14.3 Å². The Labute approximate surface area is 170 Å². The van der Waals surface area contributed by atoms with Crippen molar-refractivity contribution in [2.75, 3.05) is 23.4 Å².